The van der Waals surface area contributed by atoms with Gasteiger partial charge in [-0.1, -0.05) is 33.8 Å². The molecule has 4 rings (SSSR count). The molecule has 8 nitrogen and oxygen atoms in total. The zero-order valence-electron chi connectivity index (χ0n) is 21.4. The van der Waals surface area contributed by atoms with Crippen molar-refractivity contribution in [1.29, 1.82) is 0 Å². The fraction of sp³-hybridized carbons (Fsp3) is 0.500. The number of Topliss-reactive ketones (excluding diaryl/α,β-unsaturated/α-hetero) is 2. The third-order valence-corrected chi connectivity index (χ3v) is 7.18. The summed E-state index contributed by atoms with van der Waals surface area (Å²) in [7, 11) is 0. The first-order valence-electron chi connectivity index (χ1n) is 12.3. The number of aliphatic carboxylic acids is 1. The first-order chi connectivity index (χ1) is 16.7. The number of aromatic carboxylic acids is 1. The van der Waals surface area contributed by atoms with Gasteiger partial charge >= 0.3 is 11.9 Å². The van der Waals surface area contributed by atoms with Gasteiger partial charge in [0, 0.05) is 41.3 Å². The predicted octanol–water partition coefficient (Wildman–Crippen LogP) is 4.55. The van der Waals surface area contributed by atoms with Crippen LogP contribution in [0.5, 0.6) is 5.75 Å². The van der Waals surface area contributed by atoms with Crippen LogP contribution in [0.3, 0.4) is 0 Å². The van der Waals surface area contributed by atoms with E-state index >= 15 is 0 Å². The summed E-state index contributed by atoms with van der Waals surface area (Å²) in [5.41, 5.74) is 1.78. The second kappa shape index (κ2) is 8.91. The van der Waals surface area contributed by atoms with Crippen LogP contribution < -0.4 is 4.74 Å². The van der Waals surface area contributed by atoms with Crippen LogP contribution in [0, 0.1) is 10.8 Å². The molecule has 0 spiro atoms. The summed E-state index contributed by atoms with van der Waals surface area (Å²) in [6.07, 6.45) is 1.47. The van der Waals surface area contributed by atoms with Crippen molar-refractivity contribution in [3.63, 3.8) is 0 Å². The topological polar surface area (TPSA) is 121 Å². The van der Waals surface area contributed by atoms with Gasteiger partial charge in [-0.15, -0.1) is 0 Å². The molecule has 2 N–H and O–H groups in total. The minimum atomic E-state index is -1.17. The van der Waals surface area contributed by atoms with Gasteiger partial charge in [-0.3, -0.25) is 14.4 Å². The van der Waals surface area contributed by atoms with Gasteiger partial charge in [0.05, 0.1) is 6.61 Å². The van der Waals surface area contributed by atoms with E-state index in [4.69, 9.17) is 4.74 Å². The number of ether oxygens (including phenoxy) is 1. The smallest absolute Gasteiger partial charge is 0.339 e. The van der Waals surface area contributed by atoms with E-state index in [9.17, 15) is 29.4 Å². The van der Waals surface area contributed by atoms with Crippen LogP contribution in [0.1, 0.15) is 82.1 Å². The average Bonchev–Trinajstić information content (AvgIpc) is 2.73. The number of carbonyl (C=O) groups excluding carboxylic acids is 2. The first kappa shape index (κ1) is 25.7. The summed E-state index contributed by atoms with van der Waals surface area (Å²) in [5, 5.41) is 19.6. The molecule has 0 bridgehead atoms. The van der Waals surface area contributed by atoms with E-state index < -0.39 is 17.9 Å². The second-order valence-electron chi connectivity index (χ2n) is 11.5. The largest absolute Gasteiger partial charge is 0.493 e. The van der Waals surface area contributed by atoms with Crippen molar-refractivity contribution in [2.24, 2.45) is 10.8 Å². The molecule has 2 aliphatic carbocycles. The SMILES string of the molecule is CCOc1ccc(C2C3=C(CC(C)(C)CC3=O)N(CC(=O)O)C3=C2C(=O)CC(C)(C)C3)cc1C(=O)O. The van der Waals surface area contributed by atoms with Crippen molar-refractivity contribution in [2.45, 2.75) is 66.2 Å². The van der Waals surface area contributed by atoms with Gasteiger partial charge in [-0.05, 0) is 48.3 Å². The van der Waals surface area contributed by atoms with E-state index in [0.29, 0.717) is 47.6 Å². The van der Waals surface area contributed by atoms with Gasteiger partial charge in [-0.2, -0.15) is 0 Å². The molecule has 0 saturated carbocycles. The molecule has 1 heterocycles. The number of benzene rings is 1. The zero-order chi connectivity index (χ0) is 26.6. The van der Waals surface area contributed by atoms with Gasteiger partial charge in [0.25, 0.3) is 0 Å². The zero-order valence-corrected chi connectivity index (χ0v) is 21.4. The van der Waals surface area contributed by atoms with Crippen LogP contribution in [0.25, 0.3) is 0 Å². The summed E-state index contributed by atoms with van der Waals surface area (Å²) in [6.45, 7) is 9.60. The van der Waals surface area contributed by atoms with Crippen LogP contribution >= 0.6 is 0 Å². The van der Waals surface area contributed by atoms with Gasteiger partial charge in [0.2, 0.25) is 0 Å². The van der Waals surface area contributed by atoms with Crippen molar-refractivity contribution in [2.75, 3.05) is 13.2 Å². The summed E-state index contributed by atoms with van der Waals surface area (Å²) >= 11 is 0. The maximum atomic E-state index is 13.6. The number of hydrogen-bond donors (Lipinski definition) is 2. The summed E-state index contributed by atoms with van der Waals surface area (Å²) in [4.78, 5) is 53.0. The minimum absolute atomic E-state index is 0.0428. The summed E-state index contributed by atoms with van der Waals surface area (Å²) < 4.78 is 5.50. The fourth-order valence-electron chi connectivity index (χ4n) is 5.88. The monoisotopic (exact) mass is 495 g/mol. The number of hydrogen-bond acceptors (Lipinski definition) is 6. The van der Waals surface area contributed by atoms with Gasteiger partial charge in [-0.25, -0.2) is 4.79 Å². The Kier molecular flexibility index (Phi) is 6.35. The van der Waals surface area contributed by atoms with E-state index in [-0.39, 0.29) is 53.1 Å². The molecular formula is C28H33NO7. The van der Waals surface area contributed by atoms with Crippen molar-refractivity contribution < 1.29 is 34.1 Å². The molecule has 0 amide bonds. The molecule has 0 unspecified atom stereocenters. The second-order valence-corrected chi connectivity index (χ2v) is 11.5. The maximum Gasteiger partial charge on any atom is 0.339 e. The van der Waals surface area contributed by atoms with Gasteiger partial charge < -0.3 is 19.8 Å². The third kappa shape index (κ3) is 4.56. The Bertz CT molecular complexity index is 1180. The van der Waals surface area contributed by atoms with E-state index in [2.05, 4.69) is 0 Å². The van der Waals surface area contributed by atoms with E-state index in [1.165, 1.54) is 6.07 Å². The van der Waals surface area contributed by atoms with Crippen molar-refractivity contribution in [3.8, 4) is 5.75 Å². The molecular weight excluding hydrogens is 462 g/mol. The van der Waals surface area contributed by atoms with E-state index in [1.54, 1.807) is 24.0 Å². The minimum Gasteiger partial charge on any atom is -0.493 e. The number of carboxylic acid groups (broad SMARTS) is 2. The molecule has 1 aromatic rings. The van der Waals surface area contributed by atoms with E-state index in [0.717, 1.165) is 0 Å². The third-order valence-electron chi connectivity index (χ3n) is 7.18. The predicted molar refractivity (Wildman–Crippen MR) is 132 cm³/mol. The highest BCUT2D eigenvalue weighted by Crippen LogP contribution is 2.54. The molecule has 0 fully saturated rings. The van der Waals surface area contributed by atoms with Crippen molar-refractivity contribution >= 4 is 23.5 Å². The Hall–Kier alpha value is -3.42. The lowest BCUT2D eigenvalue weighted by Gasteiger charge is -2.48. The van der Waals surface area contributed by atoms with Crippen molar-refractivity contribution in [3.05, 3.63) is 51.9 Å². The van der Waals surface area contributed by atoms with Gasteiger partial charge in [0.15, 0.2) is 11.6 Å². The van der Waals surface area contributed by atoms with Crippen LogP contribution in [0.15, 0.2) is 40.7 Å². The highest BCUT2D eigenvalue weighted by Gasteiger charge is 2.49. The fourth-order valence-corrected chi connectivity index (χ4v) is 5.88. The Morgan fingerprint density at radius 2 is 1.47 bits per heavy atom. The molecule has 0 aromatic heterocycles. The molecule has 0 radical (unpaired) electrons. The molecule has 36 heavy (non-hydrogen) atoms. The molecule has 8 heteroatoms. The summed E-state index contributed by atoms with van der Waals surface area (Å²) in [6, 6.07) is 4.77. The lowest BCUT2D eigenvalue weighted by Crippen LogP contribution is -2.45. The number of nitrogens with zero attached hydrogens (tertiary/aromatic N) is 1. The number of allylic oxidation sites excluding steroid dienone is 4. The Balaban J connectivity index is 2.02. The van der Waals surface area contributed by atoms with Crippen molar-refractivity contribution in [1.82, 2.24) is 4.90 Å². The average molecular weight is 496 g/mol. The normalized spacial score (nSPS) is 21.3. The van der Waals surface area contributed by atoms with Gasteiger partial charge in [0.1, 0.15) is 17.9 Å². The molecule has 3 aliphatic rings. The molecule has 192 valence electrons. The van der Waals surface area contributed by atoms with E-state index in [1.807, 2.05) is 27.7 Å². The molecule has 0 saturated heterocycles. The standard InChI is InChI=1S/C28H33NO7/c1-6-36-21-8-7-15(9-16(21)26(34)35)23-24-17(10-27(2,3)12-19(24)30)29(14-22(32)33)18-11-28(4,5)13-20(31)25(18)23/h7-9,23H,6,10-14H2,1-5H3,(H,32,33)(H,34,35). The van der Waals surface area contributed by atoms with Crippen LogP contribution in [0.2, 0.25) is 0 Å². The number of ketones is 2. The number of carboxylic acids is 2. The molecule has 1 aliphatic heterocycles. The van der Waals surface area contributed by atoms with Crippen LogP contribution in [0.4, 0.5) is 0 Å². The first-order valence-corrected chi connectivity index (χ1v) is 12.3. The maximum absolute atomic E-state index is 13.6. The number of rotatable bonds is 6. The lowest BCUT2D eigenvalue weighted by molar-refractivity contribution is -0.138. The highest BCUT2D eigenvalue weighted by molar-refractivity contribution is 6.07. The Labute approximate surface area is 210 Å². The highest BCUT2D eigenvalue weighted by atomic mass is 16.5. The Morgan fingerprint density at radius 1 is 0.944 bits per heavy atom. The van der Waals surface area contributed by atoms with Crippen LogP contribution in [-0.2, 0) is 14.4 Å². The molecule has 0 atom stereocenters. The van der Waals surface area contributed by atoms with Crippen LogP contribution in [-0.4, -0.2) is 51.8 Å². The number of carbonyl (C=O) groups is 4. The summed E-state index contributed by atoms with van der Waals surface area (Å²) in [5.74, 6) is -3.03. The quantitative estimate of drug-likeness (QED) is 0.589. The lowest BCUT2D eigenvalue weighted by atomic mass is 9.63. The Morgan fingerprint density at radius 3 is 1.92 bits per heavy atom. The molecule has 1 aromatic carbocycles.